The van der Waals surface area contributed by atoms with E-state index in [1.165, 1.54) is 0 Å². The number of halogens is 2. The van der Waals surface area contributed by atoms with Gasteiger partial charge in [0, 0.05) is 26.8 Å². The summed E-state index contributed by atoms with van der Waals surface area (Å²) in [6.45, 7) is 2.22. The van der Waals surface area contributed by atoms with Gasteiger partial charge in [0.25, 0.3) is 0 Å². The van der Waals surface area contributed by atoms with Gasteiger partial charge in [-0.1, -0.05) is 30.1 Å². The SMILES string of the molecule is CNC1CC(C)Sc2c(Cl)ccc(Cl)c21. The number of hydrogen-bond acceptors (Lipinski definition) is 2. The Balaban J connectivity index is 2.54. The zero-order chi connectivity index (χ0) is 11.0. The Morgan fingerprint density at radius 2 is 2.00 bits per heavy atom. The highest BCUT2D eigenvalue weighted by Gasteiger charge is 2.27. The van der Waals surface area contributed by atoms with E-state index in [2.05, 4.69) is 12.2 Å². The van der Waals surface area contributed by atoms with Gasteiger partial charge in [-0.2, -0.15) is 0 Å². The van der Waals surface area contributed by atoms with Gasteiger partial charge in [-0.3, -0.25) is 0 Å². The quantitative estimate of drug-likeness (QED) is 0.816. The number of fused-ring (bicyclic) bond motifs is 1. The van der Waals surface area contributed by atoms with E-state index in [0.717, 1.165) is 26.9 Å². The lowest BCUT2D eigenvalue weighted by molar-refractivity contribution is 0.531. The third-order valence-electron chi connectivity index (χ3n) is 2.68. The molecule has 0 aliphatic carbocycles. The second-order valence-electron chi connectivity index (χ2n) is 3.78. The van der Waals surface area contributed by atoms with Crippen molar-refractivity contribution in [2.75, 3.05) is 7.05 Å². The first-order chi connectivity index (χ1) is 7.13. The van der Waals surface area contributed by atoms with Gasteiger partial charge in [0.05, 0.1) is 5.02 Å². The highest BCUT2D eigenvalue weighted by atomic mass is 35.5. The van der Waals surface area contributed by atoms with Gasteiger partial charge in [0.1, 0.15) is 0 Å². The summed E-state index contributed by atoms with van der Waals surface area (Å²) in [4.78, 5) is 1.14. The highest BCUT2D eigenvalue weighted by Crippen LogP contribution is 2.46. The van der Waals surface area contributed by atoms with Gasteiger partial charge in [0.2, 0.25) is 0 Å². The topological polar surface area (TPSA) is 12.0 Å². The molecule has 1 aliphatic heterocycles. The van der Waals surface area contributed by atoms with Crippen LogP contribution >= 0.6 is 35.0 Å². The van der Waals surface area contributed by atoms with Crippen LogP contribution < -0.4 is 5.32 Å². The zero-order valence-corrected chi connectivity index (χ0v) is 11.0. The third kappa shape index (κ3) is 2.14. The molecule has 1 aliphatic rings. The van der Waals surface area contributed by atoms with Crippen LogP contribution in [0.3, 0.4) is 0 Å². The summed E-state index contributed by atoms with van der Waals surface area (Å²) in [5.41, 5.74) is 1.16. The summed E-state index contributed by atoms with van der Waals surface area (Å²) in [6, 6.07) is 4.08. The molecular weight excluding hydrogens is 249 g/mol. The number of thioether (sulfide) groups is 1. The van der Waals surface area contributed by atoms with E-state index < -0.39 is 0 Å². The molecule has 1 heterocycles. The minimum Gasteiger partial charge on any atom is -0.313 e. The summed E-state index contributed by atoms with van der Waals surface area (Å²) < 4.78 is 0. The van der Waals surface area contributed by atoms with E-state index >= 15 is 0 Å². The molecule has 1 aromatic carbocycles. The first-order valence-corrected chi connectivity index (χ1v) is 6.59. The molecular formula is C11H13Cl2NS. The van der Waals surface area contributed by atoms with Gasteiger partial charge in [-0.15, -0.1) is 11.8 Å². The van der Waals surface area contributed by atoms with Gasteiger partial charge >= 0.3 is 0 Å². The van der Waals surface area contributed by atoms with Crippen LogP contribution in [-0.2, 0) is 0 Å². The van der Waals surface area contributed by atoms with Crippen molar-refractivity contribution < 1.29 is 0 Å². The minimum absolute atomic E-state index is 0.322. The van der Waals surface area contributed by atoms with Crippen LogP contribution in [0.4, 0.5) is 0 Å². The second kappa shape index (κ2) is 4.54. The Morgan fingerprint density at radius 1 is 1.33 bits per heavy atom. The molecule has 4 heteroatoms. The highest BCUT2D eigenvalue weighted by molar-refractivity contribution is 8.00. The smallest absolute Gasteiger partial charge is 0.0546 e. The van der Waals surface area contributed by atoms with Crippen molar-refractivity contribution in [1.82, 2.24) is 5.32 Å². The maximum Gasteiger partial charge on any atom is 0.0546 e. The van der Waals surface area contributed by atoms with Crippen LogP contribution in [-0.4, -0.2) is 12.3 Å². The average Bonchev–Trinajstić information content (AvgIpc) is 2.22. The Kier molecular flexibility index (Phi) is 3.51. The first kappa shape index (κ1) is 11.6. The van der Waals surface area contributed by atoms with Crippen molar-refractivity contribution in [1.29, 1.82) is 0 Å². The van der Waals surface area contributed by atoms with Crippen LogP contribution in [0, 0.1) is 0 Å². The van der Waals surface area contributed by atoms with Crippen molar-refractivity contribution in [3.05, 3.63) is 27.7 Å². The van der Waals surface area contributed by atoms with Gasteiger partial charge in [-0.05, 0) is 25.6 Å². The van der Waals surface area contributed by atoms with Crippen LogP contribution in [0.2, 0.25) is 10.0 Å². The van der Waals surface area contributed by atoms with Crippen molar-refractivity contribution in [2.24, 2.45) is 0 Å². The zero-order valence-electron chi connectivity index (χ0n) is 8.68. The molecule has 0 amide bonds. The number of nitrogens with one attached hydrogen (secondary N) is 1. The Morgan fingerprint density at radius 3 is 2.67 bits per heavy atom. The fraction of sp³-hybridized carbons (Fsp3) is 0.455. The fourth-order valence-corrected chi connectivity index (χ4v) is 3.85. The van der Waals surface area contributed by atoms with Crippen LogP contribution in [0.1, 0.15) is 24.9 Å². The lowest BCUT2D eigenvalue weighted by Crippen LogP contribution is -2.24. The molecule has 1 nitrogen and oxygen atoms in total. The predicted molar refractivity (Wildman–Crippen MR) is 68.2 cm³/mol. The van der Waals surface area contributed by atoms with Gasteiger partial charge < -0.3 is 5.32 Å². The Bertz CT molecular complexity index is 381. The summed E-state index contributed by atoms with van der Waals surface area (Å²) in [5, 5.41) is 5.50. The predicted octanol–water partition coefficient (Wildman–Crippen LogP) is 4.14. The molecule has 0 fully saturated rings. The number of rotatable bonds is 1. The van der Waals surface area contributed by atoms with E-state index in [4.69, 9.17) is 23.2 Å². The fourth-order valence-electron chi connectivity index (χ4n) is 1.95. The molecule has 1 aromatic rings. The molecule has 2 atom stereocenters. The molecule has 0 bridgehead atoms. The van der Waals surface area contributed by atoms with Crippen LogP contribution in [0.25, 0.3) is 0 Å². The normalized spacial score (nSPS) is 25.1. The molecule has 82 valence electrons. The molecule has 15 heavy (non-hydrogen) atoms. The van der Waals surface area contributed by atoms with Crippen molar-refractivity contribution in [2.45, 2.75) is 29.5 Å². The molecule has 0 saturated heterocycles. The van der Waals surface area contributed by atoms with E-state index in [0.29, 0.717) is 11.3 Å². The van der Waals surface area contributed by atoms with E-state index in [1.54, 1.807) is 0 Å². The second-order valence-corrected chi connectivity index (χ2v) is 6.04. The lowest BCUT2D eigenvalue weighted by Gasteiger charge is -2.30. The van der Waals surface area contributed by atoms with Gasteiger partial charge in [0.15, 0.2) is 0 Å². The minimum atomic E-state index is 0.322. The maximum atomic E-state index is 6.22. The Hall–Kier alpha value is 0.110. The summed E-state index contributed by atoms with van der Waals surface area (Å²) in [5.74, 6) is 0. The van der Waals surface area contributed by atoms with Crippen molar-refractivity contribution in [3.8, 4) is 0 Å². The maximum absolute atomic E-state index is 6.22. The van der Waals surface area contributed by atoms with Crippen LogP contribution in [0.5, 0.6) is 0 Å². The number of benzene rings is 1. The van der Waals surface area contributed by atoms with E-state index in [1.807, 2.05) is 30.9 Å². The van der Waals surface area contributed by atoms with E-state index in [9.17, 15) is 0 Å². The standard InChI is InChI=1S/C11H13Cl2NS/c1-6-5-9(14-2)10-7(12)3-4-8(13)11(10)15-6/h3-4,6,9,14H,5H2,1-2H3. The number of hydrogen-bond donors (Lipinski definition) is 1. The molecule has 1 N–H and O–H groups in total. The summed E-state index contributed by atoms with van der Waals surface area (Å²) in [7, 11) is 1.97. The third-order valence-corrected chi connectivity index (χ3v) is 4.71. The Labute approximate surface area is 105 Å². The van der Waals surface area contributed by atoms with Crippen molar-refractivity contribution in [3.63, 3.8) is 0 Å². The lowest BCUT2D eigenvalue weighted by atomic mass is 10.0. The molecule has 2 rings (SSSR count). The average molecular weight is 262 g/mol. The molecule has 0 spiro atoms. The molecule has 0 aromatic heterocycles. The molecule has 2 unspecified atom stereocenters. The van der Waals surface area contributed by atoms with Gasteiger partial charge in [-0.25, -0.2) is 0 Å². The largest absolute Gasteiger partial charge is 0.313 e. The monoisotopic (exact) mass is 261 g/mol. The van der Waals surface area contributed by atoms with E-state index in [-0.39, 0.29) is 0 Å². The molecule has 0 radical (unpaired) electrons. The van der Waals surface area contributed by atoms with Crippen LogP contribution in [0.15, 0.2) is 17.0 Å². The van der Waals surface area contributed by atoms with Crippen molar-refractivity contribution >= 4 is 35.0 Å². The summed E-state index contributed by atoms with van der Waals surface area (Å²) >= 11 is 14.2. The molecule has 0 saturated carbocycles. The summed E-state index contributed by atoms with van der Waals surface area (Å²) in [6.07, 6.45) is 1.09. The first-order valence-electron chi connectivity index (χ1n) is 4.95.